The molecule has 0 unspecified atom stereocenters. The Morgan fingerprint density at radius 3 is 2.76 bits per heavy atom. The number of methoxy groups -OCH3 is 2. The molecule has 0 spiro atoms. The number of allylic oxidation sites excluding steroid dienone is 1. The third-order valence-corrected chi connectivity index (χ3v) is 2.13. The standard InChI is InChI=1S/C11H14N2O4/c1-8(11(15)17-3)6-7-13-10(14)5-4-9(12-13)16-2/h4-6H,7H2,1-3H3/b8-6+. The highest BCUT2D eigenvalue weighted by Crippen LogP contribution is 2.00. The molecule has 0 N–H and O–H groups in total. The maximum absolute atomic E-state index is 11.4. The number of esters is 1. The van der Waals surface area contributed by atoms with Crippen molar-refractivity contribution in [2.45, 2.75) is 13.5 Å². The van der Waals surface area contributed by atoms with Crippen LogP contribution in [0.4, 0.5) is 0 Å². The van der Waals surface area contributed by atoms with Gasteiger partial charge in [0, 0.05) is 17.7 Å². The fourth-order valence-corrected chi connectivity index (χ4v) is 1.14. The third-order valence-electron chi connectivity index (χ3n) is 2.13. The van der Waals surface area contributed by atoms with E-state index in [1.54, 1.807) is 13.0 Å². The highest BCUT2D eigenvalue weighted by atomic mass is 16.5. The number of rotatable bonds is 4. The lowest BCUT2D eigenvalue weighted by Gasteiger charge is -2.04. The fraction of sp³-hybridized carbons (Fsp3) is 0.364. The van der Waals surface area contributed by atoms with E-state index in [4.69, 9.17) is 4.74 Å². The number of aromatic nitrogens is 2. The van der Waals surface area contributed by atoms with Crippen LogP contribution in [-0.2, 0) is 16.1 Å². The predicted molar refractivity (Wildman–Crippen MR) is 60.8 cm³/mol. The summed E-state index contributed by atoms with van der Waals surface area (Å²) in [5.74, 6) is -0.0883. The van der Waals surface area contributed by atoms with Crippen molar-refractivity contribution in [1.82, 2.24) is 9.78 Å². The summed E-state index contributed by atoms with van der Waals surface area (Å²) in [6.45, 7) is 1.80. The highest BCUT2D eigenvalue weighted by molar-refractivity contribution is 5.87. The highest BCUT2D eigenvalue weighted by Gasteiger charge is 2.03. The molecule has 1 aromatic rings. The Hall–Kier alpha value is -2.11. The van der Waals surface area contributed by atoms with Crippen LogP contribution >= 0.6 is 0 Å². The van der Waals surface area contributed by atoms with Gasteiger partial charge in [-0.3, -0.25) is 4.79 Å². The largest absolute Gasteiger partial charge is 0.480 e. The smallest absolute Gasteiger partial charge is 0.333 e. The molecule has 0 fully saturated rings. The molecule has 17 heavy (non-hydrogen) atoms. The Bertz CT molecular complexity index is 490. The van der Waals surface area contributed by atoms with Crippen molar-refractivity contribution in [3.8, 4) is 5.88 Å². The van der Waals surface area contributed by atoms with Crippen LogP contribution in [0.15, 0.2) is 28.6 Å². The van der Waals surface area contributed by atoms with Crippen molar-refractivity contribution in [1.29, 1.82) is 0 Å². The van der Waals surface area contributed by atoms with E-state index >= 15 is 0 Å². The van der Waals surface area contributed by atoms with Gasteiger partial charge in [0.05, 0.1) is 20.8 Å². The van der Waals surface area contributed by atoms with E-state index in [9.17, 15) is 9.59 Å². The van der Waals surface area contributed by atoms with Gasteiger partial charge in [0.25, 0.3) is 5.56 Å². The number of hydrogen-bond acceptors (Lipinski definition) is 5. The second-order valence-electron chi connectivity index (χ2n) is 3.27. The zero-order valence-electron chi connectivity index (χ0n) is 9.97. The summed E-state index contributed by atoms with van der Waals surface area (Å²) < 4.78 is 10.6. The summed E-state index contributed by atoms with van der Waals surface area (Å²) in [7, 11) is 2.77. The van der Waals surface area contributed by atoms with E-state index in [0.29, 0.717) is 11.5 Å². The summed E-state index contributed by atoms with van der Waals surface area (Å²) in [6, 6.07) is 2.84. The van der Waals surface area contributed by atoms with Crippen LogP contribution in [0.2, 0.25) is 0 Å². The molecule has 1 aromatic heterocycles. The molecule has 1 heterocycles. The van der Waals surface area contributed by atoms with Crippen LogP contribution in [0.1, 0.15) is 6.92 Å². The van der Waals surface area contributed by atoms with E-state index in [1.807, 2.05) is 0 Å². The van der Waals surface area contributed by atoms with Crippen LogP contribution in [0.25, 0.3) is 0 Å². The molecule has 0 bridgehead atoms. The molecule has 0 aliphatic heterocycles. The molecule has 0 aliphatic rings. The summed E-state index contributed by atoms with van der Waals surface area (Å²) in [6.07, 6.45) is 1.57. The first kappa shape index (κ1) is 13.0. The van der Waals surface area contributed by atoms with Gasteiger partial charge in [-0.05, 0) is 6.92 Å². The summed E-state index contributed by atoms with van der Waals surface area (Å²) in [4.78, 5) is 22.6. The van der Waals surface area contributed by atoms with Gasteiger partial charge in [0.2, 0.25) is 5.88 Å². The minimum Gasteiger partial charge on any atom is -0.480 e. The molecule has 0 atom stereocenters. The molecular weight excluding hydrogens is 224 g/mol. The number of carbonyl (C=O) groups excluding carboxylic acids is 1. The van der Waals surface area contributed by atoms with Crippen molar-refractivity contribution in [2.75, 3.05) is 14.2 Å². The molecule has 6 nitrogen and oxygen atoms in total. The van der Waals surface area contributed by atoms with Gasteiger partial charge in [-0.15, -0.1) is 5.10 Å². The second-order valence-corrected chi connectivity index (χ2v) is 3.27. The lowest BCUT2D eigenvalue weighted by Crippen LogP contribution is -2.21. The lowest BCUT2D eigenvalue weighted by molar-refractivity contribution is -0.136. The first-order valence-electron chi connectivity index (χ1n) is 4.95. The molecular formula is C11H14N2O4. The van der Waals surface area contributed by atoms with E-state index < -0.39 is 5.97 Å². The molecule has 6 heteroatoms. The molecule has 1 rings (SSSR count). The molecule has 0 saturated heterocycles. The maximum atomic E-state index is 11.4. The van der Waals surface area contributed by atoms with E-state index in [1.165, 1.54) is 31.0 Å². The van der Waals surface area contributed by atoms with Gasteiger partial charge in [-0.25, -0.2) is 9.48 Å². The Labute approximate surface area is 98.5 Å². The van der Waals surface area contributed by atoms with E-state index in [-0.39, 0.29) is 12.1 Å². The Morgan fingerprint density at radius 2 is 2.18 bits per heavy atom. The summed E-state index contributed by atoms with van der Waals surface area (Å²) >= 11 is 0. The molecule has 0 radical (unpaired) electrons. The quantitative estimate of drug-likeness (QED) is 0.560. The minimum absolute atomic E-state index is 0.191. The zero-order chi connectivity index (χ0) is 12.8. The number of hydrogen-bond donors (Lipinski definition) is 0. The number of carbonyl (C=O) groups is 1. The zero-order valence-corrected chi connectivity index (χ0v) is 9.97. The van der Waals surface area contributed by atoms with Crippen molar-refractivity contribution in [3.63, 3.8) is 0 Å². The average Bonchev–Trinajstić information content (AvgIpc) is 2.36. The van der Waals surface area contributed by atoms with Gasteiger partial charge < -0.3 is 9.47 Å². The molecule has 0 aliphatic carbocycles. The van der Waals surface area contributed by atoms with Gasteiger partial charge in [0.1, 0.15) is 0 Å². The van der Waals surface area contributed by atoms with Gasteiger partial charge >= 0.3 is 5.97 Å². The maximum Gasteiger partial charge on any atom is 0.333 e. The molecule has 0 amide bonds. The first-order valence-corrected chi connectivity index (χ1v) is 4.95. The Morgan fingerprint density at radius 1 is 1.47 bits per heavy atom. The second kappa shape index (κ2) is 5.83. The van der Waals surface area contributed by atoms with Crippen molar-refractivity contribution in [2.24, 2.45) is 0 Å². The van der Waals surface area contributed by atoms with E-state index in [0.717, 1.165) is 0 Å². The first-order chi connectivity index (χ1) is 8.08. The summed E-state index contributed by atoms with van der Waals surface area (Å²) in [5.41, 5.74) is 0.156. The van der Waals surface area contributed by atoms with Crippen LogP contribution in [-0.4, -0.2) is 30.0 Å². The van der Waals surface area contributed by atoms with Crippen LogP contribution in [0.5, 0.6) is 5.88 Å². The molecule has 92 valence electrons. The Kier molecular flexibility index (Phi) is 4.45. The predicted octanol–water partition coefficient (Wildman–Crippen LogP) is 0.371. The lowest BCUT2D eigenvalue weighted by atomic mass is 10.3. The van der Waals surface area contributed by atoms with Crippen LogP contribution in [0.3, 0.4) is 0 Å². The number of ether oxygens (including phenoxy) is 2. The van der Waals surface area contributed by atoms with Crippen molar-refractivity contribution < 1.29 is 14.3 Å². The van der Waals surface area contributed by atoms with Crippen molar-refractivity contribution in [3.05, 3.63) is 34.1 Å². The van der Waals surface area contributed by atoms with E-state index in [2.05, 4.69) is 9.84 Å². The van der Waals surface area contributed by atoms with Crippen LogP contribution in [0, 0.1) is 0 Å². The Balaban J connectivity index is 2.88. The summed E-state index contributed by atoms with van der Waals surface area (Å²) in [5, 5.41) is 3.93. The SMILES string of the molecule is COC(=O)/C(C)=C/Cn1nc(OC)ccc1=O. The van der Waals surface area contributed by atoms with Crippen molar-refractivity contribution >= 4 is 5.97 Å². The third kappa shape index (κ3) is 3.44. The average molecular weight is 238 g/mol. The van der Waals surface area contributed by atoms with Gasteiger partial charge in [0.15, 0.2) is 0 Å². The van der Waals surface area contributed by atoms with Gasteiger partial charge in [-0.1, -0.05) is 6.08 Å². The van der Waals surface area contributed by atoms with Crippen LogP contribution < -0.4 is 10.3 Å². The minimum atomic E-state index is -0.430. The monoisotopic (exact) mass is 238 g/mol. The fourth-order valence-electron chi connectivity index (χ4n) is 1.14. The number of nitrogens with zero attached hydrogens (tertiary/aromatic N) is 2. The van der Waals surface area contributed by atoms with Gasteiger partial charge in [-0.2, -0.15) is 0 Å². The normalized spacial score (nSPS) is 11.1. The topological polar surface area (TPSA) is 70.4 Å². The molecule has 0 aromatic carbocycles. The molecule has 0 saturated carbocycles.